The number of hydrogen-bond acceptors (Lipinski definition) is 1. The van der Waals surface area contributed by atoms with Gasteiger partial charge >= 0.3 is 0 Å². The van der Waals surface area contributed by atoms with E-state index >= 15 is 0 Å². The second-order valence-electron chi connectivity index (χ2n) is 5.32. The number of Topliss-reactive ketones (excluding diaryl/α,β-unsaturated/α-hetero) is 1. The number of benzene rings is 1. The summed E-state index contributed by atoms with van der Waals surface area (Å²) in [5, 5.41) is 0.477. The predicted octanol–water partition coefficient (Wildman–Crippen LogP) is 5.73. The average molecular weight is 299 g/mol. The standard InChI is InChI=1S/C17H24ClFO/c1-2-3-4-5-6-7-8-9-16(20)13-14-12-15(18)10-11-17(14)19/h10-12H,2-9,13H2,1H3. The maximum absolute atomic E-state index is 13.5. The maximum atomic E-state index is 13.5. The quantitative estimate of drug-likeness (QED) is 0.504. The highest BCUT2D eigenvalue weighted by Crippen LogP contribution is 2.17. The lowest BCUT2D eigenvalue weighted by molar-refractivity contribution is -0.118. The molecule has 1 nitrogen and oxygen atoms in total. The molecule has 112 valence electrons. The highest BCUT2D eigenvalue weighted by molar-refractivity contribution is 6.30. The molecule has 0 saturated heterocycles. The normalized spacial score (nSPS) is 10.8. The van der Waals surface area contributed by atoms with Gasteiger partial charge < -0.3 is 0 Å². The first-order valence-electron chi connectivity index (χ1n) is 7.59. The Balaban J connectivity index is 2.19. The molecule has 20 heavy (non-hydrogen) atoms. The molecule has 0 spiro atoms. The third-order valence-corrected chi connectivity index (χ3v) is 3.69. The number of carbonyl (C=O) groups excluding carboxylic acids is 1. The second-order valence-corrected chi connectivity index (χ2v) is 5.76. The largest absolute Gasteiger partial charge is 0.299 e. The van der Waals surface area contributed by atoms with Crippen LogP contribution in [0.4, 0.5) is 4.39 Å². The van der Waals surface area contributed by atoms with Gasteiger partial charge in [0.25, 0.3) is 0 Å². The zero-order valence-electron chi connectivity index (χ0n) is 12.3. The molecular weight excluding hydrogens is 275 g/mol. The summed E-state index contributed by atoms with van der Waals surface area (Å²) in [6.45, 7) is 2.20. The number of halogens is 2. The van der Waals surface area contributed by atoms with Gasteiger partial charge in [-0.05, 0) is 30.2 Å². The van der Waals surface area contributed by atoms with Crippen LogP contribution in [0.3, 0.4) is 0 Å². The lowest BCUT2D eigenvalue weighted by Crippen LogP contribution is -2.04. The van der Waals surface area contributed by atoms with Crippen molar-refractivity contribution in [3.8, 4) is 0 Å². The van der Waals surface area contributed by atoms with E-state index in [0.29, 0.717) is 17.0 Å². The molecule has 0 heterocycles. The van der Waals surface area contributed by atoms with Crippen LogP contribution in [-0.4, -0.2) is 5.78 Å². The van der Waals surface area contributed by atoms with Crippen molar-refractivity contribution in [2.24, 2.45) is 0 Å². The molecule has 1 aromatic rings. The number of hydrogen-bond donors (Lipinski definition) is 0. The molecule has 0 N–H and O–H groups in total. The van der Waals surface area contributed by atoms with E-state index in [1.807, 2.05) is 0 Å². The van der Waals surface area contributed by atoms with E-state index in [4.69, 9.17) is 11.6 Å². The molecule has 1 rings (SSSR count). The predicted molar refractivity (Wildman–Crippen MR) is 82.7 cm³/mol. The molecule has 0 radical (unpaired) electrons. The van der Waals surface area contributed by atoms with E-state index < -0.39 is 0 Å². The summed E-state index contributed by atoms with van der Waals surface area (Å²) >= 11 is 5.81. The molecule has 0 aliphatic carbocycles. The van der Waals surface area contributed by atoms with Gasteiger partial charge in [-0.25, -0.2) is 4.39 Å². The van der Waals surface area contributed by atoms with Gasteiger partial charge in [-0.3, -0.25) is 4.79 Å². The first-order chi connectivity index (χ1) is 9.63. The van der Waals surface area contributed by atoms with E-state index in [-0.39, 0.29) is 18.0 Å². The zero-order valence-corrected chi connectivity index (χ0v) is 13.0. The number of ketones is 1. The summed E-state index contributed by atoms with van der Waals surface area (Å²) in [5.74, 6) is -0.248. The Bertz CT molecular complexity index is 417. The van der Waals surface area contributed by atoms with Gasteiger partial charge in [0.1, 0.15) is 11.6 Å². The molecule has 0 unspecified atom stereocenters. The first-order valence-corrected chi connectivity index (χ1v) is 7.97. The smallest absolute Gasteiger partial charge is 0.137 e. The molecular formula is C17H24ClFO. The fourth-order valence-electron chi connectivity index (χ4n) is 2.26. The Morgan fingerprint density at radius 2 is 1.75 bits per heavy atom. The fourth-order valence-corrected chi connectivity index (χ4v) is 2.45. The Morgan fingerprint density at radius 1 is 1.10 bits per heavy atom. The van der Waals surface area contributed by atoms with Crippen LogP contribution < -0.4 is 0 Å². The van der Waals surface area contributed by atoms with E-state index in [0.717, 1.165) is 12.8 Å². The zero-order chi connectivity index (χ0) is 14.8. The summed E-state index contributed by atoms with van der Waals surface area (Å²) in [6, 6.07) is 4.36. The minimum absolute atomic E-state index is 0.0970. The fraction of sp³-hybridized carbons (Fsp3) is 0.588. The molecule has 0 atom stereocenters. The topological polar surface area (TPSA) is 17.1 Å². The molecule has 1 aromatic carbocycles. The highest BCUT2D eigenvalue weighted by Gasteiger charge is 2.08. The molecule has 0 aliphatic heterocycles. The monoisotopic (exact) mass is 298 g/mol. The van der Waals surface area contributed by atoms with Crippen molar-refractivity contribution in [2.75, 3.05) is 0 Å². The lowest BCUT2D eigenvalue weighted by atomic mass is 10.0. The van der Waals surface area contributed by atoms with Crippen molar-refractivity contribution >= 4 is 17.4 Å². The molecule has 3 heteroatoms. The van der Waals surface area contributed by atoms with Gasteiger partial charge in [0.05, 0.1) is 0 Å². The van der Waals surface area contributed by atoms with Crippen LogP contribution in [0.15, 0.2) is 18.2 Å². The number of rotatable bonds is 10. The van der Waals surface area contributed by atoms with Crippen molar-refractivity contribution in [1.82, 2.24) is 0 Å². The van der Waals surface area contributed by atoms with Crippen LogP contribution >= 0.6 is 11.6 Å². The summed E-state index contributed by atoms with van der Waals surface area (Å²) in [4.78, 5) is 11.8. The average Bonchev–Trinajstić information content (AvgIpc) is 2.42. The SMILES string of the molecule is CCCCCCCCCC(=O)Cc1cc(Cl)ccc1F. The van der Waals surface area contributed by atoms with Gasteiger partial charge in [-0.15, -0.1) is 0 Å². The second kappa shape index (κ2) is 9.93. The van der Waals surface area contributed by atoms with E-state index in [1.54, 1.807) is 6.07 Å². The van der Waals surface area contributed by atoms with E-state index in [1.165, 1.54) is 44.2 Å². The lowest BCUT2D eigenvalue weighted by Gasteiger charge is -2.04. The minimum Gasteiger partial charge on any atom is -0.299 e. The molecule has 0 saturated carbocycles. The van der Waals surface area contributed by atoms with Crippen LogP contribution in [0.25, 0.3) is 0 Å². The van der Waals surface area contributed by atoms with Crippen LogP contribution in [-0.2, 0) is 11.2 Å². The van der Waals surface area contributed by atoms with Crippen molar-refractivity contribution in [3.05, 3.63) is 34.6 Å². The highest BCUT2D eigenvalue weighted by atomic mass is 35.5. The first kappa shape index (κ1) is 17.2. The third-order valence-electron chi connectivity index (χ3n) is 3.45. The van der Waals surface area contributed by atoms with E-state index in [9.17, 15) is 9.18 Å². The van der Waals surface area contributed by atoms with Crippen LogP contribution in [0, 0.1) is 5.82 Å². The summed E-state index contributed by atoms with van der Waals surface area (Å²) in [6.07, 6.45) is 8.99. The number of unbranched alkanes of at least 4 members (excludes halogenated alkanes) is 6. The Labute approximate surface area is 126 Å². The van der Waals surface area contributed by atoms with Crippen LogP contribution in [0.5, 0.6) is 0 Å². The minimum atomic E-state index is -0.345. The third kappa shape index (κ3) is 7.04. The molecule has 0 aliphatic rings. The Morgan fingerprint density at radius 3 is 2.45 bits per heavy atom. The van der Waals surface area contributed by atoms with Crippen molar-refractivity contribution in [2.45, 2.75) is 64.7 Å². The Kier molecular flexibility index (Phi) is 8.52. The molecule has 0 amide bonds. The van der Waals surface area contributed by atoms with Gasteiger partial charge in [-0.2, -0.15) is 0 Å². The van der Waals surface area contributed by atoms with Gasteiger partial charge in [0.15, 0.2) is 0 Å². The summed E-state index contributed by atoms with van der Waals surface area (Å²) < 4.78 is 13.5. The van der Waals surface area contributed by atoms with Gasteiger partial charge in [-0.1, -0.05) is 57.0 Å². The molecule has 0 aromatic heterocycles. The van der Waals surface area contributed by atoms with Crippen molar-refractivity contribution < 1.29 is 9.18 Å². The van der Waals surface area contributed by atoms with Gasteiger partial charge in [0.2, 0.25) is 0 Å². The van der Waals surface area contributed by atoms with Gasteiger partial charge in [0, 0.05) is 17.9 Å². The summed E-state index contributed by atoms with van der Waals surface area (Å²) in [7, 11) is 0. The number of carbonyl (C=O) groups is 1. The maximum Gasteiger partial charge on any atom is 0.137 e. The van der Waals surface area contributed by atoms with Crippen LogP contribution in [0.2, 0.25) is 5.02 Å². The Hall–Kier alpha value is -0.890. The van der Waals surface area contributed by atoms with Crippen molar-refractivity contribution in [1.29, 1.82) is 0 Å². The van der Waals surface area contributed by atoms with E-state index in [2.05, 4.69) is 6.92 Å². The summed E-state index contributed by atoms with van der Waals surface area (Å²) in [5.41, 5.74) is 0.408. The van der Waals surface area contributed by atoms with Crippen molar-refractivity contribution in [3.63, 3.8) is 0 Å². The van der Waals surface area contributed by atoms with Crippen LogP contribution in [0.1, 0.15) is 63.9 Å². The molecule has 0 fully saturated rings. The molecule has 0 bridgehead atoms.